The maximum atomic E-state index is 10.2. The van der Waals surface area contributed by atoms with Gasteiger partial charge in [0.2, 0.25) is 0 Å². The molecule has 0 aromatic rings. The van der Waals surface area contributed by atoms with Crippen molar-refractivity contribution in [2.24, 2.45) is 5.73 Å². The molecule has 0 aromatic heterocycles. The molecule has 0 aliphatic heterocycles. The Kier molecular flexibility index (Phi) is 6.06. The molecule has 0 saturated heterocycles. The summed E-state index contributed by atoms with van der Waals surface area (Å²) in [5, 5.41) is 0. The number of alkyl halides is 1. The van der Waals surface area contributed by atoms with Crippen LogP contribution in [0.2, 0.25) is 0 Å². The average Bonchev–Trinajstić information content (AvgIpc) is 1.89. The molecule has 0 aliphatic carbocycles. The van der Waals surface area contributed by atoms with Crippen molar-refractivity contribution in [2.45, 2.75) is 0 Å². The van der Waals surface area contributed by atoms with Crippen LogP contribution in [-0.4, -0.2) is 23.5 Å². The van der Waals surface area contributed by atoms with Crippen molar-refractivity contribution in [3.8, 4) is 0 Å². The first-order valence-corrected chi connectivity index (χ1v) is 4.79. The minimum absolute atomic E-state index is 0.100. The Balaban J connectivity index is 3.06. The summed E-state index contributed by atoms with van der Waals surface area (Å²) in [5.74, 6) is -0.438. The van der Waals surface area contributed by atoms with Crippen LogP contribution < -0.4 is 5.73 Å². The molecule has 0 unspecified atom stereocenters. The minimum atomic E-state index is -0.998. The molecule has 0 aromatic carbocycles. The van der Waals surface area contributed by atoms with Gasteiger partial charge in [0.25, 0.3) is 0 Å². The molecule has 0 aliphatic rings. The summed E-state index contributed by atoms with van der Waals surface area (Å²) in [6, 6.07) is 0. The number of hydrogen-bond donors (Lipinski definition) is 1. The standard InChI is InChI=1S/C4H8INO3/c6-3-4(7)9-2-1-5-8/h1-3,6H2. The van der Waals surface area contributed by atoms with Gasteiger partial charge in [-0.15, -0.1) is 0 Å². The lowest BCUT2D eigenvalue weighted by atomic mass is 10.7. The van der Waals surface area contributed by atoms with Crippen molar-refractivity contribution < 1.29 is 12.6 Å². The van der Waals surface area contributed by atoms with Crippen molar-refractivity contribution >= 4 is 27.2 Å². The zero-order chi connectivity index (χ0) is 7.11. The van der Waals surface area contributed by atoms with E-state index in [1.165, 1.54) is 0 Å². The SMILES string of the molecule is NCC(=O)OCCI=O. The number of rotatable bonds is 4. The van der Waals surface area contributed by atoms with Gasteiger partial charge in [-0.3, -0.25) is 7.86 Å². The predicted molar refractivity (Wildman–Crippen MR) is 39.6 cm³/mol. The van der Waals surface area contributed by atoms with Crippen LogP contribution in [0.5, 0.6) is 0 Å². The highest BCUT2D eigenvalue weighted by Crippen LogP contribution is 1.90. The zero-order valence-corrected chi connectivity index (χ0v) is 6.96. The smallest absolute Gasteiger partial charge is 0.319 e. The monoisotopic (exact) mass is 245 g/mol. The number of nitrogens with two attached hydrogens (primary N) is 1. The van der Waals surface area contributed by atoms with E-state index < -0.39 is 27.2 Å². The van der Waals surface area contributed by atoms with Gasteiger partial charge < -0.3 is 10.5 Å². The molecule has 0 radical (unpaired) electrons. The Labute approximate surface area is 63.4 Å². The highest BCUT2D eigenvalue weighted by atomic mass is 127. The Morgan fingerprint density at radius 1 is 1.67 bits per heavy atom. The first-order chi connectivity index (χ1) is 4.31. The molecule has 0 spiro atoms. The first-order valence-electron chi connectivity index (χ1n) is 2.38. The van der Waals surface area contributed by atoms with E-state index in [1.807, 2.05) is 0 Å². The van der Waals surface area contributed by atoms with Gasteiger partial charge in [-0.2, -0.15) is 0 Å². The fraction of sp³-hybridized carbons (Fsp3) is 0.750. The lowest BCUT2D eigenvalue weighted by Gasteiger charge is -1.96. The molecular weight excluding hydrogens is 237 g/mol. The van der Waals surface area contributed by atoms with Crippen LogP contribution >= 0.6 is 21.2 Å². The van der Waals surface area contributed by atoms with Crippen LogP contribution in [0.4, 0.5) is 0 Å². The van der Waals surface area contributed by atoms with Crippen molar-refractivity contribution in [2.75, 3.05) is 17.6 Å². The summed E-state index contributed by atoms with van der Waals surface area (Å²) < 4.78 is 14.9. The summed E-state index contributed by atoms with van der Waals surface area (Å²) in [4.78, 5) is 10.2. The van der Waals surface area contributed by atoms with Crippen molar-refractivity contribution in [3.05, 3.63) is 0 Å². The molecule has 0 amide bonds. The maximum absolute atomic E-state index is 10.2. The molecule has 0 rings (SSSR count). The van der Waals surface area contributed by atoms with Gasteiger partial charge in [0.05, 0.1) is 11.0 Å². The van der Waals surface area contributed by atoms with E-state index in [0.29, 0.717) is 4.43 Å². The van der Waals surface area contributed by atoms with E-state index in [-0.39, 0.29) is 13.2 Å². The van der Waals surface area contributed by atoms with Gasteiger partial charge in [-0.05, 0) is 0 Å². The van der Waals surface area contributed by atoms with E-state index >= 15 is 0 Å². The van der Waals surface area contributed by atoms with Gasteiger partial charge >= 0.3 is 5.97 Å². The summed E-state index contributed by atoms with van der Waals surface area (Å²) in [6.07, 6.45) is 0. The second-order valence-corrected chi connectivity index (χ2v) is 2.92. The molecule has 54 valence electrons. The Morgan fingerprint density at radius 2 is 2.33 bits per heavy atom. The van der Waals surface area contributed by atoms with Crippen LogP contribution in [0.3, 0.4) is 0 Å². The number of ether oxygens (including phenoxy) is 1. The third-order valence-corrected chi connectivity index (χ3v) is 1.46. The molecule has 5 heteroatoms. The quantitative estimate of drug-likeness (QED) is 0.322. The van der Waals surface area contributed by atoms with Gasteiger partial charge in [0, 0.05) is 0 Å². The summed E-state index contributed by atoms with van der Waals surface area (Å²) in [6.45, 7) is 0.143. The number of carbonyl (C=O) groups is 1. The highest BCUT2D eigenvalue weighted by molar-refractivity contribution is 14.1. The Hall–Kier alpha value is -0.0400. The predicted octanol–water partition coefficient (Wildman–Crippen LogP) is -0.196. The second kappa shape index (κ2) is 6.09. The third kappa shape index (κ3) is 5.84. The number of esters is 1. The average molecular weight is 245 g/mol. The second-order valence-electron chi connectivity index (χ2n) is 1.22. The maximum Gasteiger partial charge on any atom is 0.319 e. The van der Waals surface area contributed by atoms with Crippen molar-refractivity contribution in [3.63, 3.8) is 0 Å². The molecule has 0 bridgehead atoms. The molecule has 9 heavy (non-hydrogen) atoms. The fourth-order valence-corrected chi connectivity index (χ4v) is 0.643. The minimum Gasteiger partial charge on any atom is -0.464 e. The highest BCUT2D eigenvalue weighted by Gasteiger charge is 1.95. The normalized spacial score (nSPS) is 9.00. The molecule has 0 fully saturated rings. The van der Waals surface area contributed by atoms with E-state index in [9.17, 15) is 7.86 Å². The summed E-state index contributed by atoms with van der Waals surface area (Å²) >= 11 is -0.998. The van der Waals surface area contributed by atoms with Crippen LogP contribution in [0.15, 0.2) is 0 Å². The van der Waals surface area contributed by atoms with Crippen LogP contribution in [-0.2, 0) is 12.6 Å². The van der Waals surface area contributed by atoms with E-state index in [2.05, 4.69) is 4.74 Å². The number of hydrogen-bond acceptors (Lipinski definition) is 4. The lowest BCUT2D eigenvalue weighted by Crippen LogP contribution is -2.17. The summed E-state index contributed by atoms with van der Waals surface area (Å²) in [7, 11) is 0. The van der Waals surface area contributed by atoms with Gasteiger partial charge in [-0.1, -0.05) is 0 Å². The molecule has 0 heterocycles. The van der Waals surface area contributed by atoms with Crippen LogP contribution in [0, 0.1) is 0 Å². The van der Waals surface area contributed by atoms with Crippen LogP contribution in [0.1, 0.15) is 0 Å². The van der Waals surface area contributed by atoms with Crippen LogP contribution in [0.25, 0.3) is 0 Å². The van der Waals surface area contributed by atoms with Crippen molar-refractivity contribution in [1.29, 1.82) is 0 Å². The fourth-order valence-electron chi connectivity index (χ4n) is 0.243. The summed E-state index contributed by atoms with van der Waals surface area (Å²) in [5.41, 5.74) is 4.91. The Morgan fingerprint density at radius 3 is 2.78 bits per heavy atom. The van der Waals surface area contributed by atoms with E-state index in [0.717, 1.165) is 0 Å². The van der Waals surface area contributed by atoms with Gasteiger partial charge in [0.1, 0.15) is 27.8 Å². The first kappa shape index (κ1) is 8.96. The van der Waals surface area contributed by atoms with E-state index in [4.69, 9.17) is 5.73 Å². The zero-order valence-electron chi connectivity index (χ0n) is 4.80. The molecule has 2 N–H and O–H groups in total. The number of carbonyl (C=O) groups excluding carboxylic acids is 1. The molecule has 0 atom stereocenters. The molecule has 4 nitrogen and oxygen atoms in total. The largest absolute Gasteiger partial charge is 0.464 e. The molecular formula is C4H8INO3. The topological polar surface area (TPSA) is 69.4 Å². The number of halogens is 1. The van der Waals surface area contributed by atoms with E-state index in [1.54, 1.807) is 0 Å². The molecule has 0 saturated carbocycles. The Bertz CT molecular complexity index is 106. The van der Waals surface area contributed by atoms with Gasteiger partial charge in [-0.25, -0.2) is 0 Å². The van der Waals surface area contributed by atoms with Crippen molar-refractivity contribution in [1.82, 2.24) is 0 Å². The van der Waals surface area contributed by atoms with Gasteiger partial charge in [0.15, 0.2) is 0 Å². The third-order valence-electron chi connectivity index (χ3n) is 0.584. The lowest BCUT2D eigenvalue weighted by molar-refractivity contribution is -0.141.